The number of ether oxygens (including phenoxy) is 1. The SMILES string of the molecule is CN(C)C1CCN(Cc2cn(C)nc2C(=O)Nc2ccc(OC(C)(C)C)cc2)C1. The van der Waals surface area contributed by atoms with Gasteiger partial charge in [0.2, 0.25) is 0 Å². The fourth-order valence-corrected chi connectivity index (χ4v) is 3.61. The molecule has 2 aromatic rings. The van der Waals surface area contributed by atoms with Crippen molar-refractivity contribution in [3.8, 4) is 5.75 Å². The lowest BCUT2D eigenvalue weighted by molar-refractivity contribution is 0.101. The molecule has 7 heteroatoms. The molecule has 0 aliphatic carbocycles. The highest BCUT2D eigenvalue weighted by atomic mass is 16.5. The lowest BCUT2D eigenvalue weighted by Gasteiger charge is -2.21. The lowest BCUT2D eigenvalue weighted by Crippen LogP contribution is -2.31. The second-order valence-corrected chi connectivity index (χ2v) is 9.01. The van der Waals surface area contributed by atoms with Gasteiger partial charge in [0.25, 0.3) is 5.91 Å². The number of amides is 1. The molecule has 1 N–H and O–H groups in total. The van der Waals surface area contributed by atoms with Crippen molar-refractivity contribution in [1.29, 1.82) is 0 Å². The zero-order valence-corrected chi connectivity index (χ0v) is 18.4. The molecule has 0 saturated carbocycles. The van der Waals surface area contributed by atoms with Crippen molar-refractivity contribution < 1.29 is 9.53 Å². The second kappa shape index (κ2) is 8.55. The van der Waals surface area contributed by atoms with Gasteiger partial charge in [0, 0.05) is 50.2 Å². The van der Waals surface area contributed by atoms with Crippen molar-refractivity contribution in [2.75, 3.05) is 32.5 Å². The number of carbonyl (C=O) groups is 1. The maximum absolute atomic E-state index is 12.9. The maximum Gasteiger partial charge on any atom is 0.276 e. The number of likely N-dealkylation sites (tertiary alicyclic amines) is 1. The molecule has 1 atom stereocenters. The van der Waals surface area contributed by atoms with E-state index in [0.29, 0.717) is 11.7 Å². The van der Waals surface area contributed by atoms with E-state index >= 15 is 0 Å². The first kappa shape index (κ1) is 21.3. The van der Waals surface area contributed by atoms with Gasteiger partial charge in [-0.15, -0.1) is 0 Å². The van der Waals surface area contributed by atoms with Crippen molar-refractivity contribution in [3.05, 3.63) is 41.7 Å². The zero-order chi connectivity index (χ0) is 21.2. The van der Waals surface area contributed by atoms with Crippen LogP contribution in [0.1, 0.15) is 43.2 Å². The summed E-state index contributed by atoms with van der Waals surface area (Å²) in [5, 5.41) is 7.37. The summed E-state index contributed by atoms with van der Waals surface area (Å²) < 4.78 is 7.54. The number of anilines is 1. The van der Waals surface area contributed by atoms with Crippen LogP contribution < -0.4 is 10.1 Å². The minimum absolute atomic E-state index is 0.187. The molecule has 1 aromatic carbocycles. The predicted octanol–water partition coefficient (Wildman–Crippen LogP) is 2.99. The third kappa shape index (κ3) is 5.81. The van der Waals surface area contributed by atoms with E-state index in [1.165, 1.54) is 0 Å². The van der Waals surface area contributed by atoms with Crippen LogP contribution >= 0.6 is 0 Å². The third-order valence-electron chi connectivity index (χ3n) is 5.03. The van der Waals surface area contributed by atoms with Crippen molar-refractivity contribution in [2.24, 2.45) is 7.05 Å². The number of aromatic nitrogens is 2. The van der Waals surface area contributed by atoms with E-state index in [-0.39, 0.29) is 11.5 Å². The van der Waals surface area contributed by atoms with Crippen LogP contribution in [0.3, 0.4) is 0 Å². The molecule has 158 valence electrons. The highest BCUT2D eigenvalue weighted by Crippen LogP contribution is 2.22. The number of aryl methyl sites for hydroxylation is 1. The van der Waals surface area contributed by atoms with Crippen LogP contribution in [-0.2, 0) is 13.6 Å². The number of likely N-dealkylation sites (N-methyl/N-ethyl adjacent to an activating group) is 1. The molecule has 1 unspecified atom stereocenters. The number of carbonyl (C=O) groups excluding carboxylic acids is 1. The summed E-state index contributed by atoms with van der Waals surface area (Å²) in [6.07, 6.45) is 3.09. The van der Waals surface area contributed by atoms with Crippen molar-refractivity contribution in [2.45, 2.75) is 45.4 Å². The summed E-state index contributed by atoms with van der Waals surface area (Å²) in [5.74, 6) is 0.590. The van der Waals surface area contributed by atoms with Crippen molar-refractivity contribution in [1.82, 2.24) is 19.6 Å². The summed E-state index contributed by atoms with van der Waals surface area (Å²) in [6.45, 7) is 8.80. The molecule has 1 amide bonds. The van der Waals surface area contributed by atoms with Crippen LogP contribution in [0.25, 0.3) is 0 Å². The van der Waals surface area contributed by atoms with E-state index in [2.05, 4.69) is 34.3 Å². The number of nitrogens with zero attached hydrogens (tertiary/aromatic N) is 4. The minimum atomic E-state index is -0.255. The minimum Gasteiger partial charge on any atom is -0.488 e. The normalized spacial score (nSPS) is 17.7. The van der Waals surface area contributed by atoms with Crippen LogP contribution in [0.4, 0.5) is 5.69 Å². The number of hydrogen-bond acceptors (Lipinski definition) is 5. The van der Waals surface area contributed by atoms with Gasteiger partial charge in [0.05, 0.1) is 0 Å². The Balaban J connectivity index is 1.65. The fourth-order valence-electron chi connectivity index (χ4n) is 3.61. The molecule has 29 heavy (non-hydrogen) atoms. The van der Waals surface area contributed by atoms with Crippen LogP contribution in [0.15, 0.2) is 30.5 Å². The highest BCUT2D eigenvalue weighted by molar-refractivity contribution is 6.03. The number of hydrogen-bond donors (Lipinski definition) is 1. The number of nitrogens with one attached hydrogen (secondary N) is 1. The highest BCUT2D eigenvalue weighted by Gasteiger charge is 2.26. The van der Waals surface area contributed by atoms with Gasteiger partial charge < -0.3 is 15.0 Å². The molecule has 3 rings (SSSR count). The molecule has 1 fully saturated rings. The van der Waals surface area contributed by atoms with Gasteiger partial charge in [-0.1, -0.05) is 0 Å². The van der Waals surface area contributed by atoms with E-state index in [4.69, 9.17) is 4.74 Å². The zero-order valence-electron chi connectivity index (χ0n) is 18.4. The van der Waals surface area contributed by atoms with Gasteiger partial charge in [-0.2, -0.15) is 5.10 Å². The Morgan fingerprint density at radius 2 is 1.97 bits per heavy atom. The van der Waals surface area contributed by atoms with E-state index in [9.17, 15) is 4.79 Å². The summed E-state index contributed by atoms with van der Waals surface area (Å²) in [6, 6.07) is 8.00. The largest absolute Gasteiger partial charge is 0.488 e. The summed E-state index contributed by atoms with van der Waals surface area (Å²) >= 11 is 0. The van der Waals surface area contributed by atoms with Gasteiger partial charge in [-0.05, 0) is 65.6 Å². The smallest absolute Gasteiger partial charge is 0.276 e. The van der Waals surface area contributed by atoms with E-state index in [1.54, 1.807) is 4.68 Å². The maximum atomic E-state index is 12.9. The summed E-state index contributed by atoms with van der Waals surface area (Å²) in [5.41, 5.74) is 1.91. The number of rotatable bonds is 6. The Morgan fingerprint density at radius 1 is 1.28 bits per heavy atom. The number of benzene rings is 1. The molecule has 0 bridgehead atoms. The topological polar surface area (TPSA) is 62.6 Å². The molecule has 7 nitrogen and oxygen atoms in total. The van der Waals surface area contributed by atoms with Crippen LogP contribution in [0.5, 0.6) is 5.75 Å². The Kier molecular flexibility index (Phi) is 6.29. The Morgan fingerprint density at radius 3 is 2.55 bits per heavy atom. The monoisotopic (exact) mass is 399 g/mol. The molecule has 0 spiro atoms. The van der Waals surface area contributed by atoms with E-state index in [1.807, 2.05) is 58.3 Å². The predicted molar refractivity (Wildman–Crippen MR) is 115 cm³/mol. The first-order valence-electron chi connectivity index (χ1n) is 10.1. The fraction of sp³-hybridized carbons (Fsp3) is 0.545. The third-order valence-corrected chi connectivity index (χ3v) is 5.03. The van der Waals surface area contributed by atoms with Gasteiger partial charge in [0.15, 0.2) is 5.69 Å². The molecule has 2 heterocycles. The molecular weight excluding hydrogens is 366 g/mol. The van der Waals surface area contributed by atoms with Crippen molar-refractivity contribution >= 4 is 11.6 Å². The second-order valence-electron chi connectivity index (χ2n) is 9.01. The van der Waals surface area contributed by atoms with Gasteiger partial charge >= 0.3 is 0 Å². The molecule has 1 saturated heterocycles. The molecule has 0 radical (unpaired) electrons. The molecular formula is C22H33N5O2. The first-order valence-corrected chi connectivity index (χ1v) is 10.1. The Labute approximate surface area is 173 Å². The first-order chi connectivity index (χ1) is 13.6. The molecule has 1 aromatic heterocycles. The Hall–Kier alpha value is -2.38. The van der Waals surface area contributed by atoms with E-state index in [0.717, 1.165) is 43.1 Å². The Bertz CT molecular complexity index is 836. The van der Waals surface area contributed by atoms with E-state index < -0.39 is 0 Å². The standard InChI is InChI=1S/C22H33N5O2/c1-22(2,3)29-19-9-7-17(8-10-19)23-21(28)20-16(13-26(6)24-20)14-27-12-11-18(15-27)25(4)5/h7-10,13,18H,11-12,14-15H2,1-6H3,(H,23,28). The lowest BCUT2D eigenvalue weighted by atomic mass is 10.2. The van der Waals surface area contributed by atoms with Crippen molar-refractivity contribution in [3.63, 3.8) is 0 Å². The average molecular weight is 400 g/mol. The summed E-state index contributed by atoms with van der Waals surface area (Å²) in [4.78, 5) is 17.5. The molecule has 1 aliphatic heterocycles. The van der Waals surface area contributed by atoms with Crippen LogP contribution in [0, 0.1) is 0 Å². The van der Waals surface area contributed by atoms with Crippen LogP contribution in [0.2, 0.25) is 0 Å². The quantitative estimate of drug-likeness (QED) is 0.809. The molecule has 1 aliphatic rings. The van der Waals surface area contributed by atoms with Crippen LogP contribution in [-0.4, -0.2) is 64.3 Å². The summed E-state index contributed by atoms with van der Waals surface area (Å²) in [7, 11) is 6.09. The van der Waals surface area contributed by atoms with Gasteiger partial charge in [0.1, 0.15) is 11.4 Å². The van der Waals surface area contributed by atoms with Gasteiger partial charge in [-0.25, -0.2) is 0 Å². The average Bonchev–Trinajstić information content (AvgIpc) is 3.22. The van der Waals surface area contributed by atoms with Gasteiger partial charge in [-0.3, -0.25) is 14.4 Å².